The molecule has 0 saturated carbocycles. The van der Waals surface area contributed by atoms with Crippen LogP contribution >= 0.6 is 0 Å². The molecular formula is C16H17N3O4. The largest absolute Gasteiger partial charge is 0.480 e. The fraction of sp³-hybridized carbons (Fsp3) is 0.250. The van der Waals surface area contributed by atoms with Gasteiger partial charge in [0.1, 0.15) is 11.6 Å². The van der Waals surface area contributed by atoms with Crippen molar-refractivity contribution in [2.45, 2.75) is 25.8 Å². The lowest BCUT2D eigenvalue weighted by Gasteiger charge is -2.13. The number of pyridine rings is 2. The molecule has 7 nitrogen and oxygen atoms in total. The van der Waals surface area contributed by atoms with E-state index in [1.54, 1.807) is 30.5 Å². The van der Waals surface area contributed by atoms with E-state index in [0.29, 0.717) is 24.2 Å². The third-order valence-electron chi connectivity index (χ3n) is 3.28. The molecule has 23 heavy (non-hydrogen) atoms. The van der Waals surface area contributed by atoms with Gasteiger partial charge < -0.3 is 15.4 Å². The predicted molar refractivity (Wildman–Crippen MR) is 84.1 cm³/mol. The quantitative estimate of drug-likeness (QED) is 0.746. The topological polar surface area (TPSA) is 112 Å². The molecule has 0 aromatic carbocycles. The maximum absolute atomic E-state index is 12.1. The van der Waals surface area contributed by atoms with Gasteiger partial charge >= 0.3 is 5.97 Å². The molecule has 120 valence electrons. The van der Waals surface area contributed by atoms with Gasteiger partial charge in [0.05, 0.1) is 11.4 Å². The molecule has 2 aromatic rings. The van der Waals surface area contributed by atoms with Crippen molar-refractivity contribution in [2.24, 2.45) is 0 Å². The van der Waals surface area contributed by atoms with Crippen LogP contribution in [0.15, 0.2) is 41.3 Å². The number of carboxylic acids is 1. The number of aromatic amines is 1. The highest BCUT2D eigenvalue weighted by atomic mass is 16.4. The highest BCUT2D eigenvalue weighted by Gasteiger charge is 2.21. The van der Waals surface area contributed by atoms with Gasteiger partial charge in [0.25, 0.3) is 11.5 Å². The Hall–Kier alpha value is -2.96. The number of hydrogen-bond acceptors (Lipinski definition) is 4. The first kappa shape index (κ1) is 16.4. The Labute approximate surface area is 132 Å². The molecule has 0 aliphatic heterocycles. The van der Waals surface area contributed by atoms with Crippen molar-refractivity contribution in [3.05, 3.63) is 52.4 Å². The van der Waals surface area contributed by atoms with Gasteiger partial charge in [-0.3, -0.25) is 14.6 Å². The number of amides is 1. The minimum absolute atomic E-state index is 0.132. The van der Waals surface area contributed by atoms with Crippen molar-refractivity contribution in [3.63, 3.8) is 0 Å². The first-order valence-corrected chi connectivity index (χ1v) is 7.21. The zero-order valence-electron chi connectivity index (χ0n) is 12.6. The number of carbonyl (C=O) groups is 2. The summed E-state index contributed by atoms with van der Waals surface area (Å²) in [4.78, 5) is 41.9. The Morgan fingerprint density at radius 2 is 2.09 bits per heavy atom. The van der Waals surface area contributed by atoms with Crippen molar-refractivity contribution in [3.8, 4) is 11.4 Å². The van der Waals surface area contributed by atoms with Crippen LogP contribution < -0.4 is 10.9 Å². The first-order chi connectivity index (χ1) is 11.0. The molecule has 0 aliphatic rings. The SMILES string of the molecule is CCCC(NC(=O)c1ccc(-c2ccccn2)[nH]c1=O)C(=O)O. The van der Waals surface area contributed by atoms with E-state index < -0.39 is 23.5 Å². The number of H-pyrrole nitrogens is 1. The summed E-state index contributed by atoms with van der Waals surface area (Å²) in [7, 11) is 0. The van der Waals surface area contributed by atoms with Gasteiger partial charge in [-0.1, -0.05) is 19.4 Å². The smallest absolute Gasteiger partial charge is 0.326 e. The molecule has 0 saturated heterocycles. The molecule has 2 aromatic heterocycles. The lowest BCUT2D eigenvalue weighted by atomic mass is 10.1. The maximum atomic E-state index is 12.1. The summed E-state index contributed by atoms with van der Waals surface area (Å²) in [6, 6.07) is 7.18. The molecule has 0 aliphatic carbocycles. The summed E-state index contributed by atoms with van der Waals surface area (Å²) in [5, 5.41) is 11.4. The fourth-order valence-corrected chi connectivity index (χ4v) is 2.11. The average molecular weight is 315 g/mol. The van der Waals surface area contributed by atoms with E-state index in [-0.39, 0.29) is 5.56 Å². The van der Waals surface area contributed by atoms with Crippen LogP contribution in [0, 0.1) is 0 Å². The minimum Gasteiger partial charge on any atom is -0.480 e. The molecule has 0 bridgehead atoms. The summed E-state index contributed by atoms with van der Waals surface area (Å²) in [6.45, 7) is 1.82. The molecule has 0 spiro atoms. The van der Waals surface area contributed by atoms with Gasteiger partial charge in [-0.25, -0.2) is 4.79 Å². The molecule has 1 atom stereocenters. The standard InChI is InChI=1S/C16H17N3O4/c1-2-5-13(16(22)23)19-15(21)10-7-8-12(18-14(10)20)11-6-3-4-9-17-11/h3-4,6-9,13H,2,5H2,1H3,(H,18,20)(H,19,21)(H,22,23). The molecular weight excluding hydrogens is 298 g/mol. The van der Waals surface area contributed by atoms with Crippen molar-refractivity contribution in [1.82, 2.24) is 15.3 Å². The Kier molecular flexibility index (Phi) is 5.24. The second-order valence-electron chi connectivity index (χ2n) is 4.98. The molecule has 0 fully saturated rings. The van der Waals surface area contributed by atoms with Crippen molar-refractivity contribution >= 4 is 11.9 Å². The van der Waals surface area contributed by atoms with E-state index in [1.165, 1.54) is 6.07 Å². The third kappa shape index (κ3) is 4.03. The van der Waals surface area contributed by atoms with Crippen LogP contribution in [0.2, 0.25) is 0 Å². The van der Waals surface area contributed by atoms with E-state index in [0.717, 1.165) is 0 Å². The second kappa shape index (κ2) is 7.35. The Balaban J connectivity index is 2.22. The first-order valence-electron chi connectivity index (χ1n) is 7.21. The van der Waals surface area contributed by atoms with Crippen LogP contribution in [0.25, 0.3) is 11.4 Å². The maximum Gasteiger partial charge on any atom is 0.326 e. The van der Waals surface area contributed by atoms with Gasteiger partial charge in [-0.15, -0.1) is 0 Å². The zero-order chi connectivity index (χ0) is 16.8. The highest BCUT2D eigenvalue weighted by molar-refractivity contribution is 5.96. The number of nitrogens with one attached hydrogen (secondary N) is 2. The summed E-state index contributed by atoms with van der Waals surface area (Å²) in [5.41, 5.74) is 0.333. The summed E-state index contributed by atoms with van der Waals surface area (Å²) < 4.78 is 0. The molecule has 0 radical (unpaired) electrons. The predicted octanol–water partition coefficient (Wildman–Crippen LogP) is 1.42. The van der Waals surface area contributed by atoms with E-state index in [4.69, 9.17) is 5.11 Å². The molecule has 1 amide bonds. The van der Waals surface area contributed by atoms with Crippen molar-refractivity contribution in [1.29, 1.82) is 0 Å². The van der Waals surface area contributed by atoms with Gasteiger partial charge in [0, 0.05) is 6.20 Å². The van der Waals surface area contributed by atoms with Crippen LogP contribution in [0.1, 0.15) is 30.1 Å². The van der Waals surface area contributed by atoms with Crippen LogP contribution in [0.4, 0.5) is 0 Å². The lowest BCUT2D eigenvalue weighted by Crippen LogP contribution is -2.42. The van der Waals surface area contributed by atoms with Crippen LogP contribution in [0.5, 0.6) is 0 Å². The average Bonchev–Trinajstić information content (AvgIpc) is 2.55. The summed E-state index contributed by atoms with van der Waals surface area (Å²) >= 11 is 0. The van der Waals surface area contributed by atoms with Gasteiger partial charge in [-0.05, 0) is 30.7 Å². The number of hydrogen-bond donors (Lipinski definition) is 3. The van der Waals surface area contributed by atoms with Crippen LogP contribution in [0.3, 0.4) is 0 Å². The number of nitrogens with zero attached hydrogens (tertiary/aromatic N) is 1. The highest BCUT2D eigenvalue weighted by Crippen LogP contribution is 2.11. The Morgan fingerprint density at radius 3 is 2.65 bits per heavy atom. The normalized spacial score (nSPS) is 11.7. The number of rotatable bonds is 6. The molecule has 2 rings (SSSR count). The molecule has 3 N–H and O–H groups in total. The number of aliphatic carboxylic acids is 1. The lowest BCUT2D eigenvalue weighted by molar-refractivity contribution is -0.139. The van der Waals surface area contributed by atoms with Gasteiger partial charge in [-0.2, -0.15) is 0 Å². The van der Waals surface area contributed by atoms with Gasteiger partial charge in [0.2, 0.25) is 0 Å². The molecule has 2 heterocycles. The summed E-state index contributed by atoms with van der Waals surface area (Å²) in [5.74, 6) is -1.83. The second-order valence-corrected chi connectivity index (χ2v) is 4.98. The number of carbonyl (C=O) groups excluding carboxylic acids is 1. The Bertz CT molecular complexity index is 755. The summed E-state index contributed by atoms with van der Waals surface area (Å²) in [6.07, 6.45) is 2.49. The van der Waals surface area contributed by atoms with E-state index in [9.17, 15) is 14.4 Å². The molecule has 1 unspecified atom stereocenters. The molecule has 7 heteroatoms. The Morgan fingerprint density at radius 1 is 1.30 bits per heavy atom. The number of aromatic nitrogens is 2. The van der Waals surface area contributed by atoms with E-state index in [2.05, 4.69) is 15.3 Å². The zero-order valence-corrected chi connectivity index (χ0v) is 12.6. The fourth-order valence-electron chi connectivity index (χ4n) is 2.11. The van der Waals surface area contributed by atoms with Crippen LogP contribution in [-0.4, -0.2) is 33.0 Å². The van der Waals surface area contributed by atoms with E-state index in [1.807, 2.05) is 6.92 Å². The number of carboxylic acid groups (broad SMARTS) is 1. The monoisotopic (exact) mass is 315 g/mol. The van der Waals surface area contributed by atoms with Crippen LogP contribution in [-0.2, 0) is 4.79 Å². The minimum atomic E-state index is -1.12. The van der Waals surface area contributed by atoms with Gasteiger partial charge in [0.15, 0.2) is 0 Å². The van der Waals surface area contributed by atoms with E-state index >= 15 is 0 Å². The van der Waals surface area contributed by atoms with Crippen molar-refractivity contribution < 1.29 is 14.7 Å². The third-order valence-corrected chi connectivity index (χ3v) is 3.28. The van der Waals surface area contributed by atoms with Crippen molar-refractivity contribution in [2.75, 3.05) is 0 Å².